The summed E-state index contributed by atoms with van der Waals surface area (Å²) in [6.45, 7) is 3.48. The van der Waals surface area contributed by atoms with Gasteiger partial charge in [-0.15, -0.1) is 6.58 Å². The molecule has 1 unspecified atom stereocenters. The molecule has 0 radical (unpaired) electrons. The van der Waals surface area contributed by atoms with Crippen LogP contribution in [-0.4, -0.2) is 9.91 Å². The summed E-state index contributed by atoms with van der Waals surface area (Å²) < 4.78 is 0. The number of nitro groups is 1. The summed E-state index contributed by atoms with van der Waals surface area (Å²) >= 11 is 0. The minimum absolute atomic E-state index is 0.0118. The van der Waals surface area contributed by atoms with E-state index in [9.17, 15) is 10.1 Å². The summed E-state index contributed by atoms with van der Waals surface area (Å²) in [7, 11) is 0. The third-order valence-corrected chi connectivity index (χ3v) is 1.57. The van der Waals surface area contributed by atoms with Crippen molar-refractivity contribution in [1.82, 2.24) is 4.98 Å². The lowest BCUT2D eigenvalue weighted by Gasteiger charge is -2.03. The average molecular weight is 179 g/mol. The zero-order valence-corrected chi connectivity index (χ0v) is 6.88. The Labute approximate surface area is 75.0 Å². The number of nitrogens with zero attached hydrogens (tertiary/aromatic N) is 2. The van der Waals surface area contributed by atoms with Crippen LogP contribution in [0.3, 0.4) is 0 Å². The molecular weight excluding hydrogens is 170 g/mol. The van der Waals surface area contributed by atoms with Gasteiger partial charge in [-0.05, 0) is 0 Å². The summed E-state index contributed by atoms with van der Waals surface area (Å²) in [6, 6.07) is 2.20. The second kappa shape index (κ2) is 3.77. The molecular formula is C8H9N3O2. The molecule has 0 spiro atoms. The van der Waals surface area contributed by atoms with Gasteiger partial charge in [0.05, 0.1) is 16.7 Å². The zero-order chi connectivity index (χ0) is 9.84. The van der Waals surface area contributed by atoms with E-state index in [2.05, 4.69) is 11.6 Å². The van der Waals surface area contributed by atoms with E-state index in [1.807, 2.05) is 0 Å². The van der Waals surface area contributed by atoms with Gasteiger partial charge in [0.15, 0.2) is 0 Å². The van der Waals surface area contributed by atoms with Crippen molar-refractivity contribution in [3.8, 4) is 0 Å². The van der Waals surface area contributed by atoms with Crippen LogP contribution in [0.15, 0.2) is 31.0 Å². The maximum Gasteiger partial charge on any atom is 0.272 e. The molecule has 0 saturated heterocycles. The van der Waals surface area contributed by atoms with Gasteiger partial charge in [0.1, 0.15) is 0 Å². The highest BCUT2D eigenvalue weighted by Gasteiger charge is 2.09. The first-order valence-electron chi connectivity index (χ1n) is 3.63. The number of nitrogens with two attached hydrogens (primary N) is 1. The van der Waals surface area contributed by atoms with E-state index >= 15 is 0 Å². The molecule has 13 heavy (non-hydrogen) atoms. The maximum atomic E-state index is 10.4. The predicted molar refractivity (Wildman–Crippen MR) is 48.0 cm³/mol. The lowest BCUT2D eigenvalue weighted by molar-refractivity contribution is -0.385. The normalized spacial score (nSPS) is 12.1. The van der Waals surface area contributed by atoms with Crippen molar-refractivity contribution in [3.05, 3.63) is 46.8 Å². The lowest BCUT2D eigenvalue weighted by Crippen LogP contribution is -2.08. The predicted octanol–water partition coefficient (Wildman–Crippen LogP) is 1.18. The number of hydrogen-bond donors (Lipinski definition) is 1. The molecule has 0 saturated carbocycles. The first-order valence-corrected chi connectivity index (χ1v) is 3.63. The summed E-state index contributed by atoms with van der Waals surface area (Å²) in [6.07, 6.45) is 2.84. The van der Waals surface area contributed by atoms with Crippen LogP contribution < -0.4 is 5.73 Å². The van der Waals surface area contributed by atoms with Crippen LogP contribution in [0.4, 0.5) is 5.69 Å². The highest BCUT2D eigenvalue weighted by molar-refractivity contribution is 5.31. The molecule has 1 aromatic rings. The van der Waals surface area contributed by atoms with E-state index in [-0.39, 0.29) is 5.69 Å². The second-order valence-electron chi connectivity index (χ2n) is 2.46. The van der Waals surface area contributed by atoms with E-state index in [1.54, 1.807) is 0 Å². The van der Waals surface area contributed by atoms with Crippen molar-refractivity contribution >= 4 is 5.69 Å². The zero-order valence-electron chi connectivity index (χ0n) is 6.88. The fourth-order valence-electron chi connectivity index (χ4n) is 0.853. The van der Waals surface area contributed by atoms with E-state index < -0.39 is 11.0 Å². The number of rotatable bonds is 3. The van der Waals surface area contributed by atoms with Gasteiger partial charge in [-0.2, -0.15) is 0 Å². The van der Waals surface area contributed by atoms with Gasteiger partial charge in [-0.25, -0.2) is 0 Å². The lowest BCUT2D eigenvalue weighted by atomic mass is 10.2. The van der Waals surface area contributed by atoms with Crippen LogP contribution in [0.1, 0.15) is 11.7 Å². The topological polar surface area (TPSA) is 82.0 Å². The van der Waals surface area contributed by atoms with Gasteiger partial charge >= 0.3 is 0 Å². The van der Waals surface area contributed by atoms with Crippen LogP contribution in [0.2, 0.25) is 0 Å². The number of hydrogen-bond acceptors (Lipinski definition) is 4. The molecule has 1 heterocycles. The third kappa shape index (κ3) is 2.09. The molecule has 5 heteroatoms. The molecule has 2 N–H and O–H groups in total. The summed E-state index contributed by atoms with van der Waals surface area (Å²) in [5.41, 5.74) is 6.00. The van der Waals surface area contributed by atoms with E-state index in [0.29, 0.717) is 5.69 Å². The van der Waals surface area contributed by atoms with Crippen molar-refractivity contribution in [2.24, 2.45) is 5.73 Å². The second-order valence-corrected chi connectivity index (χ2v) is 2.46. The molecule has 5 nitrogen and oxygen atoms in total. The Kier molecular flexibility index (Phi) is 2.71. The Morgan fingerprint density at radius 3 is 3.00 bits per heavy atom. The van der Waals surface area contributed by atoms with Gasteiger partial charge in [-0.1, -0.05) is 6.08 Å². The smallest absolute Gasteiger partial charge is 0.272 e. The largest absolute Gasteiger partial charge is 0.319 e. The molecule has 0 aromatic carbocycles. The van der Waals surface area contributed by atoms with Crippen molar-refractivity contribution in [2.75, 3.05) is 0 Å². The molecule has 0 aliphatic carbocycles. The first kappa shape index (κ1) is 9.34. The SMILES string of the molecule is C=CC(N)c1cc([N+](=O)[O-])ccn1. The van der Waals surface area contributed by atoms with Crippen molar-refractivity contribution < 1.29 is 4.92 Å². The van der Waals surface area contributed by atoms with Gasteiger partial charge in [-0.3, -0.25) is 15.1 Å². The molecule has 0 aliphatic heterocycles. The van der Waals surface area contributed by atoms with Crippen LogP contribution >= 0.6 is 0 Å². The molecule has 1 rings (SSSR count). The number of pyridine rings is 1. The Morgan fingerprint density at radius 2 is 2.46 bits per heavy atom. The van der Waals surface area contributed by atoms with Crippen LogP contribution in [0, 0.1) is 10.1 Å². The highest BCUT2D eigenvalue weighted by Crippen LogP contribution is 2.15. The quantitative estimate of drug-likeness (QED) is 0.429. The fraction of sp³-hybridized carbons (Fsp3) is 0.125. The first-order chi connectivity index (χ1) is 6.15. The highest BCUT2D eigenvalue weighted by atomic mass is 16.6. The third-order valence-electron chi connectivity index (χ3n) is 1.57. The molecule has 0 amide bonds. The average Bonchev–Trinajstić information content (AvgIpc) is 2.17. The minimum atomic E-state index is -0.485. The van der Waals surface area contributed by atoms with Gasteiger partial charge in [0.2, 0.25) is 0 Å². The minimum Gasteiger partial charge on any atom is -0.319 e. The van der Waals surface area contributed by atoms with Gasteiger partial charge in [0.25, 0.3) is 5.69 Å². The summed E-state index contributed by atoms with van der Waals surface area (Å²) in [5.74, 6) is 0. The maximum absolute atomic E-state index is 10.4. The monoisotopic (exact) mass is 179 g/mol. The summed E-state index contributed by atoms with van der Waals surface area (Å²) in [4.78, 5) is 13.8. The van der Waals surface area contributed by atoms with Gasteiger partial charge < -0.3 is 5.73 Å². The van der Waals surface area contributed by atoms with E-state index in [0.717, 1.165) is 0 Å². The molecule has 0 aliphatic rings. The molecule has 68 valence electrons. The Morgan fingerprint density at radius 1 is 1.77 bits per heavy atom. The van der Waals surface area contributed by atoms with Crippen LogP contribution in [0.5, 0.6) is 0 Å². The summed E-state index contributed by atoms with van der Waals surface area (Å²) in [5, 5.41) is 10.4. The molecule has 1 aromatic heterocycles. The Hall–Kier alpha value is -1.75. The fourth-order valence-corrected chi connectivity index (χ4v) is 0.853. The van der Waals surface area contributed by atoms with Crippen molar-refractivity contribution in [1.29, 1.82) is 0 Å². The van der Waals surface area contributed by atoms with E-state index in [4.69, 9.17) is 5.73 Å². The Balaban J connectivity index is 3.04. The van der Waals surface area contributed by atoms with Crippen molar-refractivity contribution in [3.63, 3.8) is 0 Å². The van der Waals surface area contributed by atoms with E-state index in [1.165, 1.54) is 24.4 Å². The number of aromatic nitrogens is 1. The van der Waals surface area contributed by atoms with Crippen molar-refractivity contribution in [2.45, 2.75) is 6.04 Å². The molecule has 1 atom stereocenters. The van der Waals surface area contributed by atoms with Gasteiger partial charge in [0, 0.05) is 18.3 Å². The van der Waals surface area contributed by atoms with Crippen LogP contribution in [-0.2, 0) is 0 Å². The van der Waals surface area contributed by atoms with Crippen LogP contribution in [0.25, 0.3) is 0 Å². The molecule has 0 fully saturated rings. The molecule has 0 bridgehead atoms. The standard InChI is InChI=1S/C8H9N3O2/c1-2-7(9)8-5-6(11(12)13)3-4-10-8/h2-5,7H,1,9H2. The Bertz CT molecular complexity index is 338.